The summed E-state index contributed by atoms with van der Waals surface area (Å²) >= 11 is 5.95. The van der Waals surface area contributed by atoms with E-state index in [1.807, 2.05) is 36.1 Å². The second kappa shape index (κ2) is 5.09. The second-order valence-electron chi connectivity index (χ2n) is 4.80. The topological polar surface area (TPSA) is 20.3 Å². The minimum absolute atomic E-state index is 0.258. The molecule has 1 saturated carbocycles. The highest BCUT2D eigenvalue weighted by Gasteiger charge is 2.41. The van der Waals surface area contributed by atoms with Crippen molar-refractivity contribution in [2.24, 2.45) is 11.8 Å². The minimum Gasteiger partial charge on any atom is -0.338 e. The Balaban J connectivity index is 2.02. The highest BCUT2D eigenvalue weighted by molar-refractivity contribution is 6.30. The van der Waals surface area contributed by atoms with Crippen LogP contribution in [0.3, 0.4) is 0 Å². The van der Waals surface area contributed by atoms with Crippen molar-refractivity contribution >= 4 is 17.5 Å². The van der Waals surface area contributed by atoms with Crippen molar-refractivity contribution in [3.8, 4) is 0 Å². The summed E-state index contributed by atoms with van der Waals surface area (Å²) in [6.45, 7) is 5.58. The summed E-state index contributed by atoms with van der Waals surface area (Å²) < 4.78 is 0. The van der Waals surface area contributed by atoms with E-state index in [9.17, 15) is 4.79 Å². The van der Waals surface area contributed by atoms with Crippen LogP contribution in [0.2, 0.25) is 5.02 Å². The molecule has 0 heterocycles. The molecule has 2 rings (SSSR count). The Bertz CT molecular complexity index is 418. The van der Waals surface area contributed by atoms with Crippen LogP contribution in [-0.4, -0.2) is 17.4 Å². The number of carbonyl (C=O) groups is 1. The third-order valence-corrected chi connectivity index (χ3v) is 3.62. The standard InChI is InChI=1S/C14H18ClNO/c1-3-16(14(17)13-7-10(13)2)9-11-5-4-6-12(15)8-11/h4-6,8,10,13H,3,7,9H2,1-2H3. The Labute approximate surface area is 108 Å². The number of carbonyl (C=O) groups excluding carboxylic acids is 1. The van der Waals surface area contributed by atoms with E-state index < -0.39 is 0 Å². The van der Waals surface area contributed by atoms with Gasteiger partial charge in [0.25, 0.3) is 0 Å². The van der Waals surface area contributed by atoms with Gasteiger partial charge in [-0.2, -0.15) is 0 Å². The van der Waals surface area contributed by atoms with Crippen LogP contribution >= 0.6 is 11.6 Å². The summed E-state index contributed by atoms with van der Waals surface area (Å²) in [6.07, 6.45) is 1.05. The van der Waals surface area contributed by atoms with E-state index >= 15 is 0 Å². The first kappa shape index (κ1) is 12.4. The molecule has 1 fully saturated rings. The van der Waals surface area contributed by atoms with Crippen LogP contribution < -0.4 is 0 Å². The van der Waals surface area contributed by atoms with Crippen molar-refractivity contribution in [3.63, 3.8) is 0 Å². The van der Waals surface area contributed by atoms with Gasteiger partial charge in [-0.1, -0.05) is 30.7 Å². The predicted octanol–water partition coefficient (Wildman–Crippen LogP) is 3.34. The Morgan fingerprint density at radius 1 is 1.53 bits per heavy atom. The number of amides is 1. The first-order valence-corrected chi connectivity index (χ1v) is 6.53. The number of hydrogen-bond donors (Lipinski definition) is 0. The van der Waals surface area contributed by atoms with Gasteiger partial charge in [-0.05, 0) is 37.0 Å². The molecule has 2 atom stereocenters. The molecule has 1 amide bonds. The van der Waals surface area contributed by atoms with Gasteiger partial charge in [-0.15, -0.1) is 0 Å². The maximum Gasteiger partial charge on any atom is 0.226 e. The van der Waals surface area contributed by atoms with Crippen molar-refractivity contribution in [1.82, 2.24) is 4.90 Å². The highest BCUT2D eigenvalue weighted by Crippen LogP contribution is 2.39. The lowest BCUT2D eigenvalue weighted by Crippen LogP contribution is -2.31. The second-order valence-corrected chi connectivity index (χ2v) is 5.24. The molecular formula is C14H18ClNO. The molecule has 0 aromatic heterocycles. The zero-order chi connectivity index (χ0) is 12.4. The molecule has 0 aliphatic heterocycles. The summed E-state index contributed by atoms with van der Waals surface area (Å²) in [5.41, 5.74) is 1.10. The molecule has 0 bridgehead atoms. The van der Waals surface area contributed by atoms with Crippen LogP contribution in [0.5, 0.6) is 0 Å². The Morgan fingerprint density at radius 2 is 2.24 bits per heavy atom. The van der Waals surface area contributed by atoms with Crippen LogP contribution in [0.1, 0.15) is 25.8 Å². The van der Waals surface area contributed by atoms with Crippen molar-refractivity contribution in [2.75, 3.05) is 6.54 Å². The Hall–Kier alpha value is -1.02. The summed E-state index contributed by atoms with van der Waals surface area (Å²) in [5, 5.41) is 0.728. The predicted molar refractivity (Wildman–Crippen MR) is 69.8 cm³/mol. The maximum atomic E-state index is 12.1. The maximum absolute atomic E-state index is 12.1. The first-order chi connectivity index (χ1) is 8.11. The SMILES string of the molecule is CCN(Cc1cccc(Cl)c1)C(=O)C1CC1C. The van der Waals surface area contributed by atoms with Crippen LogP contribution in [0.4, 0.5) is 0 Å². The molecule has 0 N–H and O–H groups in total. The highest BCUT2D eigenvalue weighted by atomic mass is 35.5. The third-order valence-electron chi connectivity index (χ3n) is 3.38. The van der Waals surface area contributed by atoms with Gasteiger partial charge in [0.1, 0.15) is 0 Å². The lowest BCUT2D eigenvalue weighted by Gasteiger charge is -2.21. The van der Waals surface area contributed by atoms with Crippen LogP contribution in [-0.2, 0) is 11.3 Å². The minimum atomic E-state index is 0.258. The number of nitrogens with zero attached hydrogens (tertiary/aromatic N) is 1. The lowest BCUT2D eigenvalue weighted by atomic mass is 10.2. The number of benzene rings is 1. The largest absolute Gasteiger partial charge is 0.338 e. The smallest absolute Gasteiger partial charge is 0.226 e. The van der Waals surface area contributed by atoms with Crippen molar-refractivity contribution < 1.29 is 4.79 Å². The van der Waals surface area contributed by atoms with Crippen molar-refractivity contribution in [3.05, 3.63) is 34.9 Å². The van der Waals surface area contributed by atoms with Gasteiger partial charge in [-0.25, -0.2) is 0 Å². The van der Waals surface area contributed by atoms with Crippen molar-refractivity contribution in [1.29, 1.82) is 0 Å². The van der Waals surface area contributed by atoms with Crippen LogP contribution in [0, 0.1) is 11.8 Å². The molecule has 1 aromatic rings. The van der Waals surface area contributed by atoms with Gasteiger partial charge >= 0.3 is 0 Å². The molecule has 92 valence electrons. The number of hydrogen-bond acceptors (Lipinski definition) is 1. The third kappa shape index (κ3) is 3.01. The van der Waals surface area contributed by atoms with Gasteiger partial charge in [0.15, 0.2) is 0 Å². The lowest BCUT2D eigenvalue weighted by molar-refractivity contribution is -0.133. The number of halogens is 1. The molecule has 17 heavy (non-hydrogen) atoms. The van der Waals surface area contributed by atoms with Gasteiger partial charge in [0, 0.05) is 24.0 Å². The molecule has 1 aliphatic carbocycles. The van der Waals surface area contributed by atoms with E-state index in [0.717, 1.165) is 23.6 Å². The normalized spacial score (nSPS) is 22.3. The molecule has 3 heteroatoms. The van der Waals surface area contributed by atoms with Crippen LogP contribution in [0.25, 0.3) is 0 Å². The van der Waals surface area contributed by atoms with E-state index in [-0.39, 0.29) is 5.92 Å². The zero-order valence-electron chi connectivity index (χ0n) is 10.3. The van der Waals surface area contributed by atoms with Crippen LogP contribution in [0.15, 0.2) is 24.3 Å². The fourth-order valence-corrected chi connectivity index (χ4v) is 2.31. The average molecular weight is 252 g/mol. The zero-order valence-corrected chi connectivity index (χ0v) is 11.1. The molecule has 1 aliphatic rings. The monoisotopic (exact) mass is 251 g/mol. The average Bonchev–Trinajstić information content (AvgIpc) is 3.02. The molecule has 2 nitrogen and oxygen atoms in total. The summed E-state index contributed by atoms with van der Waals surface area (Å²) in [5.74, 6) is 1.12. The van der Waals surface area contributed by atoms with E-state index in [1.54, 1.807) is 0 Å². The molecule has 0 radical (unpaired) electrons. The fraction of sp³-hybridized carbons (Fsp3) is 0.500. The van der Waals surface area contributed by atoms with Gasteiger partial charge in [0.05, 0.1) is 0 Å². The van der Waals surface area contributed by atoms with E-state index in [1.165, 1.54) is 0 Å². The van der Waals surface area contributed by atoms with E-state index in [4.69, 9.17) is 11.6 Å². The molecule has 1 aromatic carbocycles. The van der Waals surface area contributed by atoms with Crippen molar-refractivity contribution in [2.45, 2.75) is 26.8 Å². The fourth-order valence-electron chi connectivity index (χ4n) is 2.10. The molecule has 0 saturated heterocycles. The summed E-state index contributed by atoms with van der Waals surface area (Å²) in [4.78, 5) is 14.0. The van der Waals surface area contributed by atoms with Gasteiger partial charge < -0.3 is 4.90 Å². The number of rotatable bonds is 4. The quantitative estimate of drug-likeness (QED) is 0.804. The van der Waals surface area contributed by atoms with Gasteiger partial charge in [0.2, 0.25) is 5.91 Å². The summed E-state index contributed by atoms with van der Waals surface area (Å²) in [6, 6.07) is 7.72. The first-order valence-electron chi connectivity index (χ1n) is 6.15. The molecular weight excluding hydrogens is 234 g/mol. The van der Waals surface area contributed by atoms with E-state index in [0.29, 0.717) is 18.4 Å². The Morgan fingerprint density at radius 3 is 2.76 bits per heavy atom. The molecule has 2 unspecified atom stereocenters. The summed E-state index contributed by atoms with van der Waals surface area (Å²) in [7, 11) is 0. The van der Waals surface area contributed by atoms with Gasteiger partial charge in [-0.3, -0.25) is 4.79 Å². The Kier molecular flexibility index (Phi) is 3.72. The molecule has 0 spiro atoms. The van der Waals surface area contributed by atoms with E-state index in [2.05, 4.69) is 6.92 Å².